The van der Waals surface area contributed by atoms with Crippen LogP contribution in [-0.2, 0) is 6.54 Å². The number of aromatic nitrogens is 2. The number of halogens is 2. The van der Waals surface area contributed by atoms with Gasteiger partial charge in [0.15, 0.2) is 0 Å². The molecule has 2 heterocycles. The molecule has 0 saturated heterocycles. The maximum Gasteiger partial charge on any atom is 2.00 e. The molecule has 122 valence electrons. The van der Waals surface area contributed by atoms with E-state index >= 15 is 0 Å². The Balaban J connectivity index is 0. The van der Waals surface area contributed by atoms with Crippen LogP contribution in [0.15, 0.2) is 35.1 Å². The van der Waals surface area contributed by atoms with E-state index in [2.05, 4.69) is 31.2 Å². The topological polar surface area (TPSA) is 47.0 Å². The molecule has 0 fully saturated rings. The van der Waals surface area contributed by atoms with Gasteiger partial charge in [0.25, 0.3) is 0 Å². The van der Waals surface area contributed by atoms with Gasteiger partial charge in [0.2, 0.25) is 5.88 Å². The average molecular weight is 411 g/mol. The molecule has 23 heavy (non-hydrogen) atoms. The number of anilines is 1. The molecular formula is C16H21BrClMgN3O. The van der Waals surface area contributed by atoms with Crippen molar-refractivity contribution in [3.05, 3.63) is 52.6 Å². The van der Waals surface area contributed by atoms with Gasteiger partial charge in [0.1, 0.15) is 5.82 Å². The van der Waals surface area contributed by atoms with Crippen LogP contribution in [0.4, 0.5) is 5.82 Å². The smallest absolute Gasteiger partial charge is 1.00 e. The van der Waals surface area contributed by atoms with E-state index in [4.69, 9.17) is 4.74 Å². The van der Waals surface area contributed by atoms with Crippen molar-refractivity contribution >= 4 is 44.8 Å². The number of pyridine rings is 2. The number of nitrogens with zero attached hydrogens (tertiary/aromatic N) is 2. The summed E-state index contributed by atoms with van der Waals surface area (Å²) in [5.41, 5.74) is 2.19. The number of methoxy groups -OCH3 is 1. The van der Waals surface area contributed by atoms with Gasteiger partial charge in [-0.15, -0.1) is 0 Å². The third kappa shape index (κ3) is 9.35. The number of aryl methyl sites for hydroxylation is 1. The maximum absolute atomic E-state index is 5.02. The predicted octanol–water partition coefficient (Wildman–Crippen LogP) is 1.02. The van der Waals surface area contributed by atoms with Gasteiger partial charge in [-0.05, 0) is 40.0 Å². The molecule has 0 spiro atoms. The normalized spacial score (nSPS) is 8.74. The largest absolute Gasteiger partial charge is 2.00 e. The maximum atomic E-state index is 5.02. The van der Waals surface area contributed by atoms with Crippen molar-refractivity contribution < 1.29 is 17.1 Å². The molecule has 0 aliphatic rings. The second-order valence-corrected chi connectivity index (χ2v) is 5.37. The minimum Gasteiger partial charge on any atom is -1.00 e. The standard InChI is InChI=1S/C13H14BrN3O.C3H7.ClH.Mg/c1-9-5-11(14)8-17-13(9)16-7-10-3-4-12(18-2)15-6-10;1-3-2;;/h3-6,8H,7H2,1-2H3,(H,16,17);3H,1-2H3;1H;/q;-1;;+2/p-1. The van der Waals surface area contributed by atoms with Crippen LogP contribution in [0.1, 0.15) is 25.0 Å². The van der Waals surface area contributed by atoms with E-state index in [0.717, 1.165) is 21.4 Å². The SMILES string of the molecule is COc1ccc(CNc2ncc(Br)cc2C)cn1.C[CH-]C.[Cl-].[Mg+2]. The van der Waals surface area contributed by atoms with E-state index in [1.807, 2.05) is 45.4 Å². The molecule has 2 aromatic heterocycles. The molecule has 4 nitrogen and oxygen atoms in total. The van der Waals surface area contributed by atoms with Gasteiger partial charge < -0.3 is 28.9 Å². The van der Waals surface area contributed by atoms with E-state index in [1.54, 1.807) is 19.5 Å². The molecule has 7 heteroatoms. The first-order valence-corrected chi connectivity index (χ1v) is 7.49. The summed E-state index contributed by atoms with van der Waals surface area (Å²) in [5.74, 6) is 1.51. The first-order valence-electron chi connectivity index (χ1n) is 6.69. The number of nitrogens with one attached hydrogen (secondary N) is 1. The number of hydrogen-bond acceptors (Lipinski definition) is 4. The van der Waals surface area contributed by atoms with Gasteiger partial charge in [-0.25, -0.2) is 9.97 Å². The van der Waals surface area contributed by atoms with Crippen molar-refractivity contribution in [2.45, 2.75) is 27.3 Å². The Morgan fingerprint density at radius 1 is 1.22 bits per heavy atom. The van der Waals surface area contributed by atoms with Crippen molar-refractivity contribution in [3.8, 4) is 5.88 Å². The Hall–Kier alpha value is -0.564. The van der Waals surface area contributed by atoms with Crippen LogP contribution in [0.3, 0.4) is 0 Å². The Kier molecular flexibility index (Phi) is 14.9. The molecule has 0 unspecified atom stereocenters. The van der Waals surface area contributed by atoms with Crippen molar-refractivity contribution in [2.24, 2.45) is 0 Å². The summed E-state index contributed by atoms with van der Waals surface area (Å²) in [6.07, 6.45) is 5.57. The second kappa shape index (κ2) is 13.8. The quantitative estimate of drug-likeness (QED) is 0.604. The third-order valence-corrected chi connectivity index (χ3v) is 2.95. The molecule has 0 saturated carbocycles. The second-order valence-electron chi connectivity index (χ2n) is 4.46. The Labute approximate surface area is 169 Å². The van der Waals surface area contributed by atoms with Crippen LogP contribution >= 0.6 is 15.9 Å². The molecule has 1 N–H and O–H groups in total. The van der Waals surface area contributed by atoms with Crippen molar-refractivity contribution in [1.29, 1.82) is 0 Å². The van der Waals surface area contributed by atoms with Crippen molar-refractivity contribution in [1.82, 2.24) is 9.97 Å². The van der Waals surface area contributed by atoms with Gasteiger partial charge in [0, 0.05) is 29.5 Å². The number of hydrogen-bond donors (Lipinski definition) is 1. The summed E-state index contributed by atoms with van der Waals surface area (Å²) in [6.45, 7) is 6.71. The molecule has 0 radical (unpaired) electrons. The summed E-state index contributed by atoms with van der Waals surface area (Å²) in [4.78, 5) is 8.48. The molecule has 0 aromatic carbocycles. The fourth-order valence-electron chi connectivity index (χ4n) is 1.55. The molecule has 0 bridgehead atoms. The molecule has 0 aliphatic heterocycles. The van der Waals surface area contributed by atoms with Crippen molar-refractivity contribution in [3.63, 3.8) is 0 Å². The monoisotopic (exact) mass is 409 g/mol. The van der Waals surface area contributed by atoms with E-state index in [9.17, 15) is 0 Å². The first-order chi connectivity index (χ1) is 10.1. The summed E-state index contributed by atoms with van der Waals surface area (Å²) < 4.78 is 6.00. The number of rotatable bonds is 4. The third-order valence-electron chi connectivity index (χ3n) is 2.51. The zero-order chi connectivity index (χ0) is 15.7. The minimum absolute atomic E-state index is 0. The van der Waals surface area contributed by atoms with Crippen LogP contribution in [0.5, 0.6) is 5.88 Å². The fraction of sp³-hybridized carbons (Fsp3) is 0.312. The molecular weight excluding hydrogens is 390 g/mol. The fourth-order valence-corrected chi connectivity index (χ4v) is 1.99. The Morgan fingerprint density at radius 2 is 1.87 bits per heavy atom. The van der Waals surface area contributed by atoms with E-state index in [-0.39, 0.29) is 35.5 Å². The van der Waals surface area contributed by atoms with Crippen LogP contribution in [0.2, 0.25) is 0 Å². The molecule has 0 amide bonds. The summed E-state index contributed by atoms with van der Waals surface area (Å²) >= 11 is 3.39. The first kappa shape index (κ1) is 24.7. The average Bonchev–Trinajstić information content (AvgIpc) is 2.48. The van der Waals surface area contributed by atoms with E-state index < -0.39 is 0 Å². The molecule has 2 rings (SSSR count). The van der Waals surface area contributed by atoms with Gasteiger partial charge in [0.05, 0.1) is 7.11 Å². The van der Waals surface area contributed by atoms with Crippen LogP contribution in [0.25, 0.3) is 0 Å². The predicted molar refractivity (Wildman–Crippen MR) is 96.2 cm³/mol. The van der Waals surface area contributed by atoms with Gasteiger partial charge >= 0.3 is 23.1 Å². The van der Waals surface area contributed by atoms with Gasteiger partial charge in [-0.3, -0.25) is 0 Å². The summed E-state index contributed by atoms with van der Waals surface area (Å²) in [6, 6.07) is 5.85. The zero-order valence-electron chi connectivity index (χ0n) is 13.9. The van der Waals surface area contributed by atoms with E-state index in [0.29, 0.717) is 12.4 Å². The van der Waals surface area contributed by atoms with Crippen molar-refractivity contribution in [2.75, 3.05) is 12.4 Å². The molecule has 0 aliphatic carbocycles. The van der Waals surface area contributed by atoms with Crippen LogP contribution < -0.4 is 22.5 Å². The zero-order valence-corrected chi connectivity index (χ0v) is 17.7. The summed E-state index contributed by atoms with van der Waals surface area (Å²) in [5, 5.41) is 3.28. The van der Waals surface area contributed by atoms with E-state index in [1.165, 1.54) is 0 Å². The van der Waals surface area contributed by atoms with Crippen LogP contribution in [0, 0.1) is 13.3 Å². The minimum atomic E-state index is 0. The Bertz CT molecular complexity index is 556. The van der Waals surface area contributed by atoms with Gasteiger partial charge in [-0.2, -0.15) is 13.8 Å². The van der Waals surface area contributed by atoms with Gasteiger partial charge in [-0.1, -0.05) is 6.07 Å². The van der Waals surface area contributed by atoms with Crippen LogP contribution in [-0.4, -0.2) is 40.1 Å². The molecule has 0 atom stereocenters. The molecule has 2 aromatic rings. The number of ether oxygens (including phenoxy) is 1. The summed E-state index contributed by atoms with van der Waals surface area (Å²) in [7, 11) is 1.61. The Morgan fingerprint density at radius 3 is 2.35 bits per heavy atom.